The number of amides is 2. The molecular weight excluding hydrogens is 278 g/mol. The Balaban J connectivity index is 2.24. The van der Waals surface area contributed by atoms with E-state index in [1.807, 2.05) is 6.92 Å². The molecule has 0 bridgehead atoms. The number of carbonyl (C=O) groups is 2. The molecule has 0 spiro atoms. The predicted molar refractivity (Wildman–Crippen MR) is 75.7 cm³/mol. The van der Waals surface area contributed by atoms with Crippen LogP contribution in [0.5, 0.6) is 0 Å². The summed E-state index contributed by atoms with van der Waals surface area (Å²) >= 11 is 1.10. The fraction of sp³-hybridized carbons (Fsp3) is 0.667. The first-order valence-corrected chi connectivity index (χ1v) is 7.37. The molecule has 0 aromatic carbocycles. The summed E-state index contributed by atoms with van der Waals surface area (Å²) in [5.41, 5.74) is 0.703. The third-order valence-corrected chi connectivity index (χ3v) is 4.07. The fourth-order valence-electron chi connectivity index (χ4n) is 2.20. The van der Waals surface area contributed by atoms with E-state index >= 15 is 0 Å². The van der Waals surface area contributed by atoms with E-state index in [9.17, 15) is 9.59 Å². The molecule has 1 aliphatic rings. The predicted octanol–water partition coefficient (Wildman–Crippen LogP) is -0.397. The fourth-order valence-corrected chi connectivity index (χ4v) is 2.91. The van der Waals surface area contributed by atoms with Crippen LogP contribution in [0.15, 0.2) is 0 Å². The van der Waals surface area contributed by atoms with Gasteiger partial charge in [-0.1, -0.05) is 11.4 Å². The van der Waals surface area contributed by atoms with Crippen LogP contribution < -0.4 is 5.32 Å². The topological polar surface area (TPSA) is 78.4 Å². The van der Waals surface area contributed by atoms with Gasteiger partial charge in [0.2, 0.25) is 5.91 Å². The van der Waals surface area contributed by atoms with Gasteiger partial charge in [-0.15, -0.1) is 5.10 Å². The Morgan fingerprint density at radius 1 is 1.50 bits per heavy atom. The summed E-state index contributed by atoms with van der Waals surface area (Å²) in [4.78, 5) is 28.5. The normalized spacial score (nSPS) is 18.9. The average molecular weight is 297 g/mol. The first-order chi connectivity index (χ1) is 9.56. The molecule has 1 fully saturated rings. The van der Waals surface area contributed by atoms with Crippen molar-refractivity contribution in [2.75, 3.05) is 33.7 Å². The second-order valence-corrected chi connectivity index (χ2v) is 5.61. The van der Waals surface area contributed by atoms with E-state index in [2.05, 4.69) is 14.9 Å². The van der Waals surface area contributed by atoms with E-state index in [1.165, 1.54) is 4.90 Å². The zero-order chi connectivity index (χ0) is 14.7. The Bertz CT molecular complexity index is 502. The third kappa shape index (κ3) is 2.80. The van der Waals surface area contributed by atoms with Gasteiger partial charge in [-0.2, -0.15) is 0 Å². The molecule has 1 saturated heterocycles. The van der Waals surface area contributed by atoms with E-state index < -0.39 is 6.04 Å². The largest absolute Gasteiger partial charge is 0.347 e. The zero-order valence-corrected chi connectivity index (χ0v) is 12.7. The lowest BCUT2D eigenvalue weighted by Gasteiger charge is -2.36. The van der Waals surface area contributed by atoms with E-state index in [-0.39, 0.29) is 11.8 Å². The summed E-state index contributed by atoms with van der Waals surface area (Å²) in [5.74, 6) is -0.209. The van der Waals surface area contributed by atoms with Gasteiger partial charge < -0.3 is 15.1 Å². The maximum atomic E-state index is 12.6. The number of nitrogens with zero attached hydrogens (tertiary/aromatic N) is 4. The van der Waals surface area contributed by atoms with Gasteiger partial charge in [0.05, 0.1) is 5.69 Å². The van der Waals surface area contributed by atoms with Crippen molar-refractivity contribution >= 4 is 23.3 Å². The quantitative estimate of drug-likeness (QED) is 0.821. The lowest BCUT2D eigenvalue weighted by atomic mass is 10.1. The molecule has 2 heterocycles. The maximum Gasteiger partial charge on any atom is 0.268 e. The summed E-state index contributed by atoms with van der Waals surface area (Å²) in [7, 11) is 3.40. The van der Waals surface area contributed by atoms with Crippen LogP contribution in [-0.4, -0.2) is 71.0 Å². The number of hydrogen-bond acceptors (Lipinski definition) is 6. The van der Waals surface area contributed by atoms with Crippen molar-refractivity contribution in [1.82, 2.24) is 24.7 Å². The molecule has 20 heavy (non-hydrogen) atoms. The number of aromatic nitrogens is 2. The van der Waals surface area contributed by atoms with Crippen LogP contribution in [0.25, 0.3) is 0 Å². The summed E-state index contributed by atoms with van der Waals surface area (Å²) in [6, 6.07) is -0.460. The highest BCUT2D eigenvalue weighted by molar-refractivity contribution is 7.08. The first kappa shape index (κ1) is 14.9. The molecular formula is C12H19N5O2S. The molecule has 7 nitrogen and oxygen atoms in total. The minimum atomic E-state index is -0.460. The summed E-state index contributed by atoms with van der Waals surface area (Å²) < 4.78 is 3.85. The van der Waals surface area contributed by atoms with Crippen LogP contribution in [0, 0.1) is 0 Å². The smallest absolute Gasteiger partial charge is 0.268 e. The van der Waals surface area contributed by atoms with Crippen molar-refractivity contribution in [3.05, 3.63) is 10.6 Å². The monoisotopic (exact) mass is 297 g/mol. The maximum absolute atomic E-state index is 12.6. The van der Waals surface area contributed by atoms with Crippen LogP contribution in [0.3, 0.4) is 0 Å². The SMILES string of the molecule is CCc1nnsc1C(=O)N1CCNCC1C(=O)N(C)C. The van der Waals surface area contributed by atoms with Crippen LogP contribution in [-0.2, 0) is 11.2 Å². The highest BCUT2D eigenvalue weighted by Gasteiger charge is 2.35. The Morgan fingerprint density at radius 3 is 2.90 bits per heavy atom. The number of carbonyl (C=O) groups excluding carboxylic acids is 2. The molecule has 8 heteroatoms. The van der Waals surface area contributed by atoms with Gasteiger partial charge in [-0.05, 0) is 18.0 Å². The van der Waals surface area contributed by atoms with Gasteiger partial charge in [0, 0.05) is 33.7 Å². The van der Waals surface area contributed by atoms with Gasteiger partial charge in [0.15, 0.2) is 0 Å². The molecule has 0 aliphatic carbocycles. The summed E-state index contributed by atoms with van der Waals surface area (Å²) in [6.07, 6.45) is 0.663. The molecule has 0 radical (unpaired) electrons. The summed E-state index contributed by atoms with van der Waals surface area (Å²) in [5, 5.41) is 7.13. The number of likely N-dealkylation sites (N-methyl/N-ethyl adjacent to an activating group) is 1. The molecule has 1 unspecified atom stereocenters. The third-order valence-electron chi connectivity index (χ3n) is 3.31. The first-order valence-electron chi connectivity index (χ1n) is 6.60. The minimum Gasteiger partial charge on any atom is -0.347 e. The molecule has 1 aromatic heterocycles. The van der Waals surface area contributed by atoms with Crippen molar-refractivity contribution in [2.45, 2.75) is 19.4 Å². The molecule has 110 valence electrons. The molecule has 1 N–H and O–H groups in total. The average Bonchev–Trinajstić information content (AvgIpc) is 2.94. The van der Waals surface area contributed by atoms with Crippen LogP contribution in [0.4, 0.5) is 0 Å². The molecule has 1 aromatic rings. The van der Waals surface area contributed by atoms with Crippen molar-refractivity contribution in [1.29, 1.82) is 0 Å². The van der Waals surface area contributed by atoms with E-state index in [1.54, 1.807) is 19.0 Å². The van der Waals surface area contributed by atoms with Gasteiger partial charge >= 0.3 is 0 Å². The van der Waals surface area contributed by atoms with Crippen molar-refractivity contribution in [2.24, 2.45) is 0 Å². The number of hydrogen-bond donors (Lipinski definition) is 1. The van der Waals surface area contributed by atoms with E-state index in [0.29, 0.717) is 36.6 Å². The number of aryl methyl sites for hydroxylation is 1. The Kier molecular flexibility index (Phi) is 4.66. The number of nitrogens with one attached hydrogen (secondary N) is 1. The molecule has 2 amide bonds. The lowest BCUT2D eigenvalue weighted by Crippen LogP contribution is -2.59. The minimum absolute atomic E-state index is 0.0685. The zero-order valence-electron chi connectivity index (χ0n) is 11.9. The molecule has 2 rings (SSSR count). The second kappa shape index (κ2) is 6.27. The van der Waals surface area contributed by atoms with Gasteiger partial charge in [0.25, 0.3) is 5.91 Å². The van der Waals surface area contributed by atoms with Crippen LogP contribution in [0.2, 0.25) is 0 Å². The van der Waals surface area contributed by atoms with E-state index in [4.69, 9.17) is 0 Å². The highest BCUT2D eigenvalue weighted by Crippen LogP contribution is 2.17. The molecule has 0 saturated carbocycles. The Morgan fingerprint density at radius 2 is 2.25 bits per heavy atom. The second-order valence-electron chi connectivity index (χ2n) is 4.85. The lowest BCUT2D eigenvalue weighted by molar-refractivity contribution is -0.134. The molecule has 1 atom stereocenters. The highest BCUT2D eigenvalue weighted by atomic mass is 32.1. The Hall–Kier alpha value is -1.54. The Labute approximate surface area is 122 Å². The van der Waals surface area contributed by atoms with Crippen LogP contribution in [0.1, 0.15) is 22.3 Å². The van der Waals surface area contributed by atoms with Gasteiger partial charge in [-0.25, -0.2) is 0 Å². The van der Waals surface area contributed by atoms with Crippen molar-refractivity contribution in [3.63, 3.8) is 0 Å². The summed E-state index contributed by atoms with van der Waals surface area (Å²) in [6.45, 7) is 3.63. The van der Waals surface area contributed by atoms with Crippen LogP contribution >= 0.6 is 11.5 Å². The molecule has 1 aliphatic heterocycles. The van der Waals surface area contributed by atoms with Crippen molar-refractivity contribution in [3.8, 4) is 0 Å². The number of rotatable bonds is 3. The van der Waals surface area contributed by atoms with Crippen molar-refractivity contribution < 1.29 is 9.59 Å². The van der Waals surface area contributed by atoms with E-state index in [0.717, 1.165) is 11.5 Å². The van der Waals surface area contributed by atoms with Gasteiger partial charge in [-0.3, -0.25) is 9.59 Å². The number of piperazine rings is 1. The standard InChI is InChI=1S/C12H19N5O2S/c1-4-8-10(20-15-14-8)12(19)17-6-5-13-7-9(17)11(18)16(2)3/h9,13H,4-7H2,1-3H3. The van der Waals surface area contributed by atoms with Gasteiger partial charge in [0.1, 0.15) is 10.9 Å².